The minimum absolute atomic E-state index is 0.416. The first-order valence-electron chi connectivity index (χ1n) is 13.3. The zero-order valence-corrected chi connectivity index (χ0v) is 20.2. The fraction of sp³-hybridized carbons (Fsp3) is 1.00. The Morgan fingerprint density at radius 2 is 0.607 bits per heavy atom. The molecule has 0 aliphatic carbocycles. The van der Waals surface area contributed by atoms with Gasteiger partial charge in [0.05, 0.1) is 5.60 Å². The summed E-state index contributed by atoms with van der Waals surface area (Å²) in [7, 11) is 0. The maximum Gasteiger partial charge on any atom is 0.0619 e. The Bertz CT molecular complexity index is 284. The van der Waals surface area contributed by atoms with E-state index >= 15 is 0 Å². The van der Waals surface area contributed by atoms with Crippen LogP contribution in [0, 0.1) is 0 Å². The van der Waals surface area contributed by atoms with Crippen LogP contribution < -0.4 is 0 Å². The van der Waals surface area contributed by atoms with Gasteiger partial charge in [0.25, 0.3) is 0 Å². The quantitative estimate of drug-likeness (QED) is 0.170. The van der Waals surface area contributed by atoms with Crippen molar-refractivity contribution < 1.29 is 5.11 Å². The molecule has 0 aromatic heterocycles. The largest absolute Gasteiger partial charge is 0.390 e. The van der Waals surface area contributed by atoms with Crippen molar-refractivity contribution in [2.75, 3.05) is 0 Å². The summed E-state index contributed by atoms with van der Waals surface area (Å²) in [6.45, 7) is 6.63. The van der Waals surface area contributed by atoms with Crippen molar-refractivity contribution >= 4 is 0 Å². The van der Waals surface area contributed by atoms with E-state index in [-0.39, 0.29) is 0 Å². The van der Waals surface area contributed by atoms with Gasteiger partial charge in [-0.25, -0.2) is 0 Å². The standard InChI is InChI=1S/C27H56O/c1-4-6-8-10-12-13-14-15-16-17-18-20-22-24-26-27(3,28)25-23-21-19-11-9-7-5-2/h28H,4-26H2,1-3H3. The minimum Gasteiger partial charge on any atom is -0.390 e. The SMILES string of the molecule is CCCCCCCCCCCCCCCCC(C)(O)CCCCCCCCC. The normalized spacial score (nSPS) is 13.7. The van der Waals surface area contributed by atoms with Gasteiger partial charge in [0, 0.05) is 0 Å². The number of unbranched alkanes of at least 4 members (excludes halogenated alkanes) is 19. The van der Waals surface area contributed by atoms with E-state index < -0.39 is 5.60 Å². The molecule has 28 heavy (non-hydrogen) atoms. The maximum atomic E-state index is 10.5. The van der Waals surface area contributed by atoms with Gasteiger partial charge in [-0.15, -0.1) is 0 Å². The lowest BCUT2D eigenvalue weighted by Gasteiger charge is -2.23. The number of aliphatic hydroxyl groups is 1. The van der Waals surface area contributed by atoms with Crippen molar-refractivity contribution in [1.82, 2.24) is 0 Å². The Labute approximate surface area is 179 Å². The van der Waals surface area contributed by atoms with Crippen LogP contribution >= 0.6 is 0 Å². The van der Waals surface area contributed by atoms with Crippen molar-refractivity contribution in [3.8, 4) is 0 Å². The summed E-state index contributed by atoms with van der Waals surface area (Å²) in [5.74, 6) is 0. The van der Waals surface area contributed by atoms with Crippen LogP contribution in [0.2, 0.25) is 0 Å². The van der Waals surface area contributed by atoms with Gasteiger partial charge in [0.2, 0.25) is 0 Å². The van der Waals surface area contributed by atoms with Crippen LogP contribution in [0.15, 0.2) is 0 Å². The zero-order chi connectivity index (χ0) is 20.8. The van der Waals surface area contributed by atoms with Crippen LogP contribution in [0.3, 0.4) is 0 Å². The summed E-state index contributed by atoms with van der Waals surface area (Å²) in [5, 5.41) is 10.5. The Morgan fingerprint density at radius 3 is 0.857 bits per heavy atom. The lowest BCUT2D eigenvalue weighted by atomic mass is 9.91. The molecule has 0 radical (unpaired) electrons. The van der Waals surface area contributed by atoms with Gasteiger partial charge in [-0.1, -0.05) is 149 Å². The fourth-order valence-electron chi connectivity index (χ4n) is 4.29. The lowest BCUT2D eigenvalue weighted by Crippen LogP contribution is -2.23. The minimum atomic E-state index is -0.416. The predicted octanol–water partition coefficient (Wildman–Crippen LogP) is 9.75. The molecule has 1 N–H and O–H groups in total. The molecule has 1 atom stereocenters. The Hall–Kier alpha value is -0.0400. The van der Waals surface area contributed by atoms with Crippen molar-refractivity contribution in [3.05, 3.63) is 0 Å². The maximum absolute atomic E-state index is 10.5. The molecule has 0 saturated heterocycles. The van der Waals surface area contributed by atoms with Crippen LogP contribution in [0.1, 0.15) is 168 Å². The van der Waals surface area contributed by atoms with E-state index in [9.17, 15) is 5.11 Å². The molecule has 0 aromatic carbocycles. The second-order valence-corrected chi connectivity index (χ2v) is 9.71. The third-order valence-electron chi connectivity index (χ3n) is 6.39. The van der Waals surface area contributed by atoms with E-state index in [2.05, 4.69) is 20.8 Å². The molecule has 0 amide bonds. The highest BCUT2D eigenvalue weighted by Crippen LogP contribution is 2.23. The first kappa shape index (κ1) is 28.0. The summed E-state index contributed by atoms with van der Waals surface area (Å²) in [6.07, 6.45) is 31.0. The summed E-state index contributed by atoms with van der Waals surface area (Å²) >= 11 is 0. The highest BCUT2D eigenvalue weighted by Gasteiger charge is 2.18. The molecule has 0 fully saturated rings. The average molecular weight is 397 g/mol. The van der Waals surface area contributed by atoms with E-state index in [0.29, 0.717) is 0 Å². The summed E-state index contributed by atoms with van der Waals surface area (Å²) < 4.78 is 0. The van der Waals surface area contributed by atoms with Crippen molar-refractivity contribution in [2.24, 2.45) is 0 Å². The number of hydrogen-bond acceptors (Lipinski definition) is 1. The smallest absolute Gasteiger partial charge is 0.0619 e. The average Bonchev–Trinajstić information content (AvgIpc) is 2.67. The van der Waals surface area contributed by atoms with Gasteiger partial charge >= 0.3 is 0 Å². The molecule has 1 unspecified atom stereocenters. The molecule has 0 aliphatic rings. The lowest BCUT2D eigenvalue weighted by molar-refractivity contribution is 0.0366. The van der Waals surface area contributed by atoms with Crippen molar-refractivity contribution in [3.63, 3.8) is 0 Å². The van der Waals surface area contributed by atoms with Crippen LogP contribution in [0.5, 0.6) is 0 Å². The summed E-state index contributed by atoms with van der Waals surface area (Å²) in [5.41, 5.74) is -0.416. The van der Waals surface area contributed by atoms with Crippen molar-refractivity contribution in [1.29, 1.82) is 0 Å². The first-order valence-corrected chi connectivity index (χ1v) is 13.3. The molecular formula is C27H56O. The molecular weight excluding hydrogens is 340 g/mol. The number of hydrogen-bond donors (Lipinski definition) is 1. The highest BCUT2D eigenvalue weighted by atomic mass is 16.3. The van der Waals surface area contributed by atoms with Gasteiger partial charge in [-0.2, -0.15) is 0 Å². The van der Waals surface area contributed by atoms with Crippen LogP contribution in [0.25, 0.3) is 0 Å². The Kier molecular flexibility index (Phi) is 21.6. The molecule has 0 saturated carbocycles. The summed E-state index contributed by atoms with van der Waals surface area (Å²) in [6, 6.07) is 0. The van der Waals surface area contributed by atoms with Gasteiger partial charge in [0.15, 0.2) is 0 Å². The Morgan fingerprint density at radius 1 is 0.393 bits per heavy atom. The Balaban J connectivity index is 3.27. The van der Waals surface area contributed by atoms with E-state index in [4.69, 9.17) is 0 Å². The van der Waals surface area contributed by atoms with Crippen LogP contribution in [0.4, 0.5) is 0 Å². The van der Waals surface area contributed by atoms with Gasteiger partial charge < -0.3 is 5.11 Å². The molecule has 0 heterocycles. The van der Waals surface area contributed by atoms with Crippen LogP contribution in [-0.2, 0) is 0 Å². The third kappa shape index (κ3) is 22.3. The zero-order valence-electron chi connectivity index (χ0n) is 20.2. The molecule has 170 valence electrons. The molecule has 0 rings (SSSR count). The highest BCUT2D eigenvalue weighted by molar-refractivity contribution is 4.72. The van der Waals surface area contributed by atoms with E-state index in [0.717, 1.165) is 12.8 Å². The van der Waals surface area contributed by atoms with Gasteiger partial charge in [0.1, 0.15) is 0 Å². The van der Waals surface area contributed by atoms with Gasteiger partial charge in [-0.3, -0.25) is 0 Å². The number of rotatable bonds is 23. The topological polar surface area (TPSA) is 20.2 Å². The van der Waals surface area contributed by atoms with Crippen LogP contribution in [-0.4, -0.2) is 10.7 Å². The van der Waals surface area contributed by atoms with E-state index in [1.165, 1.54) is 135 Å². The molecule has 1 nitrogen and oxygen atoms in total. The van der Waals surface area contributed by atoms with Gasteiger partial charge in [-0.05, 0) is 19.8 Å². The van der Waals surface area contributed by atoms with E-state index in [1.54, 1.807) is 0 Å². The third-order valence-corrected chi connectivity index (χ3v) is 6.39. The summed E-state index contributed by atoms with van der Waals surface area (Å²) in [4.78, 5) is 0. The first-order chi connectivity index (χ1) is 13.6. The molecule has 0 bridgehead atoms. The predicted molar refractivity (Wildman–Crippen MR) is 128 cm³/mol. The second kappa shape index (κ2) is 21.7. The van der Waals surface area contributed by atoms with E-state index in [1.807, 2.05) is 0 Å². The molecule has 0 aliphatic heterocycles. The second-order valence-electron chi connectivity index (χ2n) is 9.71. The monoisotopic (exact) mass is 396 g/mol. The molecule has 1 heteroatoms. The molecule has 0 aromatic rings. The fourth-order valence-corrected chi connectivity index (χ4v) is 4.29. The van der Waals surface area contributed by atoms with Crippen molar-refractivity contribution in [2.45, 2.75) is 174 Å². The molecule has 0 spiro atoms.